The zero-order valence-corrected chi connectivity index (χ0v) is 17.4. The molecule has 9 heteroatoms. The third-order valence-electron chi connectivity index (χ3n) is 4.68. The van der Waals surface area contributed by atoms with E-state index < -0.39 is 5.91 Å². The molecular formula is C22H24N4O5. The molecule has 2 amide bonds. The number of benzene rings is 2. The number of carbonyl (C=O) groups excluding carboxylic acids is 2. The second-order valence-electron chi connectivity index (χ2n) is 6.76. The minimum atomic E-state index is -0.450. The largest absolute Gasteiger partial charge is 0.493 e. The van der Waals surface area contributed by atoms with Crippen LogP contribution >= 0.6 is 0 Å². The molecule has 0 bridgehead atoms. The summed E-state index contributed by atoms with van der Waals surface area (Å²) in [5.74, 6) is 0.489. The van der Waals surface area contributed by atoms with Gasteiger partial charge in [0, 0.05) is 6.54 Å². The Morgan fingerprint density at radius 3 is 2.55 bits per heavy atom. The van der Waals surface area contributed by atoms with Gasteiger partial charge in [0.05, 0.1) is 38.0 Å². The molecule has 2 aromatic carbocycles. The number of hydrogen-bond donors (Lipinski definition) is 2. The molecule has 162 valence electrons. The van der Waals surface area contributed by atoms with Gasteiger partial charge >= 0.3 is 0 Å². The number of amides is 2. The second-order valence-corrected chi connectivity index (χ2v) is 6.76. The maximum Gasteiger partial charge on any atom is 0.261 e. The van der Waals surface area contributed by atoms with Gasteiger partial charge in [0.1, 0.15) is 6.54 Å². The first-order chi connectivity index (χ1) is 15.0. The lowest BCUT2D eigenvalue weighted by Gasteiger charge is -2.11. The summed E-state index contributed by atoms with van der Waals surface area (Å²) in [5, 5.41) is 5.69. The summed E-state index contributed by atoms with van der Waals surface area (Å²) in [7, 11) is 3.13. The van der Waals surface area contributed by atoms with Crippen LogP contribution in [0.4, 0.5) is 0 Å². The minimum Gasteiger partial charge on any atom is -0.493 e. The number of methoxy groups -OCH3 is 2. The number of ether oxygens (including phenoxy) is 2. The van der Waals surface area contributed by atoms with Gasteiger partial charge in [-0.1, -0.05) is 18.2 Å². The number of nitrogens with one attached hydrogen (secondary N) is 2. The predicted octanol–water partition coefficient (Wildman–Crippen LogP) is 0.889. The van der Waals surface area contributed by atoms with Crippen LogP contribution in [0.2, 0.25) is 0 Å². The van der Waals surface area contributed by atoms with Gasteiger partial charge < -0.3 is 20.1 Å². The molecule has 2 N–H and O–H groups in total. The Labute approximate surface area is 179 Å². The van der Waals surface area contributed by atoms with Crippen LogP contribution in [0.15, 0.2) is 53.6 Å². The average Bonchev–Trinajstić information content (AvgIpc) is 2.79. The molecule has 0 radical (unpaired) electrons. The number of hydrogen-bond acceptors (Lipinski definition) is 6. The highest BCUT2D eigenvalue weighted by Crippen LogP contribution is 2.27. The zero-order chi connectivity index (χ0) is 22.2. The molecule has 1 heterocycles. The van der Waals surface area contributed by atoms with Crippen molar-refractivity contribution in [1.82, 2.24) is 20.2 Å². The van der Waals surface area contributed by atoms with Gasteiger partial charge in [-0.2, -0.15) is 0 Å². The van der Waals surface area contributed by atoms with Crippen LogP contribution in [0, 0.1) is 0 Å². The lowest BCUT2D eigenvalue weighted by atomic mass is 10.1. The van der Waals surface area contributed by atoms with E-state index >= 15 is 0 Å². The first-order valence-electron chi connectivity index (χ1n) is 9.70. The van der Waals surface area contributed by atoms with Crippen LogP contribution in [-0.4, -0.2) is 48.7 Å². The molecule has 3 rings (SSSR count). The second kappa shape index (κ2) is 10.2. The third-order valence-corrected chi connectivity index (χ3v) is 4.68. The molecule has 31 heavy (non-hydrogen) atoms. The van der Waals surface area contributed by atoms with E-state index in [1.807, 2.05) is 12.1 Å². The summed E-state index contributed by atoms with van der Waals surface area (Å²) in [5.41, 5.74) is 1.24. The molecule has 0 saturated carbocycles. The van der Waals surface area contributed by atoms with Crippen LogP contribution in [-0.2, 0) is 22.6 Å². The Bertz CT molecular complexity index is 1140. The van der Waals surface area contributed by atoms with E-state index in [1.165, 1.54) is 10.9 Å². The first-order valence-corrected chi connectivity index (χ1v) is 9.70. The van der Waals surface area contributed by atoms with E-state index in [9.17, 15) is 14.4 Å². The van der Waals surface area contributed by atoms with Crippen LogP contribution in [0.3, 0.4) is 0 Å². The molecule has 0 fully saturated rings. The molecule has 0 spiro atoms. The van der Waals surface area contributed by atoms with E-state index in [4.69, 9.17) is 9.47 Å². The molecule has 3 aromatic rings. The standard InChI is InChI=1S/C22H24N4O5/c1-30-18-8-7-15(11-19(18)31-2)9-10-23-20(27)12-24-21(28)13-26-14-25-17-6-4-3-5-16(17)22(26)29/h3-8,11,14H,9-10,12-13H2,1-2H3,(H,23,27)(H,24,28). The highest BCUT2D eigenvalue weighted by atomic mass is 16.5. The van der Waals surface area contributed by atoms with Crippen molar-refractivity contribution in [3.8, 4) is 11.5 Å². The van der Waals surface area contributed by atoms with Crippen LogP contribution in [0.5, 0.6) is 11.5 Å². The maximum atomic E-state index is 12.4. The van der Waals surface area contributed by atoms with E-state index in [0.717, 1.165) is 5.56 Å². The maximum absolute atomic E-state index is 12.4. The molecule has 1 aromatic heterocycles. The number of fused-ring (bicyclic) bond motifs is 1. The molecule has 0 atom stereocenters. The zero-order valence-electron chi connectivity index (χ0n) is 17.4. The molecule has 0 aliphatic rings. The van der Waals surface area contributed by atoms with Crippen molar-refractivity contribution < 1.29 is 19.1 Å². The Morgan fingerprint density at radius 1 is 1.00 bits per heavy atom. The van der Waals surface area contributed by atoms with Crippen LogP contribution in [0.25, 0.3) is 10.9 Å². The highest BCUT2D eigenvalue weighted by molar-refractivity contribution is 5.84. The molecule has 0 unspecified atom stereocenters. The molecule has 0 aliphatic heterocycles. The lowest BCUT2D eigenvalue weighted by molar-refractivity contribution is -0.126. The van der Waals surface area contributed by atoms with Gasteiger partial charge in [-0.15, -0.1) is 0 Å². The van der Waals surface area contributed by atoms with Crippen molar-refractivity contribution in [1.29, 1.82) is 0 Å². The van der Waals surface area contributed by atoms with Crippen molar-refractivity contribution in [3.63, 3.8) is 0 Å². The summed E-state index contributed by atoms with van der Waals surface area (Å²) in [4.78, 5) is 40.7. The highest BCUT2D eigenvalue weighted by Gasteiger charge is 2.10. The van der Waals surface area contributed by atoms with Crippen LogP contribution in [0.1, 0.15) is 5.56 Å². The number of aromatic nitrogens is 2. The Hall–Kier alpha value is -3.88. The molecule has 0 saturated heterocycles. The van der Waals surface area contributed by atoms with Crippen LogP contribution < -0.4 is 25.7 Å². The van der Waals surface area contributed by atoms with Crippen molar-refractivity contribution >= 4 is 22.7 Å². The average molecular weight is 424 g/mol. The normalized spacial score (nSPS) is 10.5. The fraction of sp³-hybridized carbons (Fsp3) is 0.273. The fourth-order valence-electron chi connectivity index (χ4n) is 3.05. The number of nitrogens with zero attached hydrogens (tertiary/aromatic N) is 2. The third kappa shape index (κ3) is 5.59. The van der Waals surface area contributed by atoms with Crippen molar-refractivity contribution in [2.45, 2.75) is 13.0 Å². The first kappa shape index (κ1) is 21.8. The smallest absolute Gasteiger partial charge is 0.261 e. The Morgan fingerprint density at radius 2 is 1.77 bits per heavy atom. The van der Waals surface area contributed by atoms with Crippen molar-refractivity contribution in [3.05, 3.63) is 64.7 Å². The predicted molar refractivity (Wildman–Crippen MR) is 115 cm³/mol. The number of carbonyl (C=O) groups is 2. The summed E-state index contributed by atoms with van der Waals surface area (Å²) in [6.45, 7) is 0.00829. The molecule has 9 nitrogen and oxygen atoms in total. The van der Waals surface area contributed by atoms with E-state index in [1.54, 1.807) is 44.6 Å². The topological polar surface area (TPSA) is 112 Å². The quantitative estimate of drug-likeness (QED) is 0.528. The van der Waals surface area contributed by atoms with E-state index in [2.05, 4.69) is 15.6 Å². The van der Waals surface area contributed by atoms with Crippen molar-refractivity contribution in [2.75, 3.05) is 27.3 Å². The van der Waals surface area contributed by atoms with E-state index in [0.29, 0.717) is 35.4 Å². The van der Waals surface area contributed by atoms with Gasteiger partial charge in [-0.25, -0.2) is 4.98 Å². The molecular weight excluding hydrogens is 400 g/mol. The van der Waals surface area contributed by atoms with E-state index in [-0.39, 0.29) is 24.6 Å². The number of para-hydroxylation sites is 1. The SMILES string of the molecule is COc1ccc(CCNC(=O)CNC(=O)Cn2cnc3ccccc3c2=O)cc1OC. The fourth-order valence-corrected chi connectivity index (χ4v) is 3.05. The monoisotopic (exact) mass is 424 g/mol. The minimum absolute atomic E-state index is 0.180. The summed E-state index contributed by atoms with van der Waals surface area (Å²) in [6, 6.07) is 12.5. The Kier molecular flexibility index (Phi) is 7.21. The lowest BCUT2D eigenvalue weighted by Crippen LogP contribution is -2.40. The van der Waals surface area contributed by atoms with Gasteiger partial charge in [0.2, 0.25) is 11.8 Å². The van der Waals surface area contributed by atoms with Gasteiger partial charge in [-0.05, 0) is 36.2 Å². The summed E-state index contributed by atoms with van der Waals surface area (Å²) < 4.78 is 11.7. The van der Waals surface area contributed by atoms with Gasteiger partial charge in [-0.3, -0.25) is 19.0 Å². The summed E-state index contributed by atoms with van der Waals surface area (Å²) in [6.07, 6.45) is 1.92. The summed E-state index contributed by atoms with van der Waals surface area (Å²) >= 11 is 0. The van der Waals surface area contributed by atoms with Crippen molar-refractivity contribution in [2.24, 2.45) is 0 Å². The van der Waals surface area contributed by atoms with Gasteiger partial charge in [0.15, 0.2) is 11.5 Å². The Balaban J connectivity index is 1.45. The molecule has 0 aliphatic carbocycles. The van der Waals surface area contributed by atoms with Gasteiger partial charge in [0.25, 0.3) is 5.56 Å². The number of rotatable bonds is 9.